The summed E-state index contributed by atoms with van der Waals surface area (Å²) < 4.78 is 17.9. The highest BCUT2D eigenvalue weighted by molar-refractivity contribution is 7.84. The molecular formula is C19H17NO3S. The number of fused-ring (bicyclic) bond motifs is 1. The van der Waals surface area contributed by atoms with E-state index in [2.05, 4.69) is 0 Å². The Morgan fingerprint density at radius 2 is 1.67 bits per heavy atom. The number of para-hydroxylation sites is 1. The first-order valence-corrected chi connectivity index (χ1v) is 8.98. The Kier molecular flexibility index (Phi) is 4.91. The van der Waals surface area contributed by atoms with Crippen LogP contribution >= 0.6 is 0 Å². The number of hydrogen-bond acceptors (Lipinski definition) is 3. The summed E-state index contributed by atoms with van der Waals surface area (Å²) in [5.41, 5.74) is 5.88. The number of carbonyl (C=O) groups is 1. The molecule has 1 unspecified atom stereocenters. The predicted octanol–water partition coefficient (Wildman–Crippen LogP) is 3.37. The molecule has 0 aromatic heterocycles. The molecule has 0 aliphatic carbocycles. The van der Waals surface area contributed by atoms with E-state index >= 15 is 0 Å². The summed E-state index contributed by atoms with van der Waals surface area (Å²) in [6.45, 7) is 0. The van der Waals surface area contributed by atoms with E-state index in [0.717, 1.165) is 16.3 Å². The fourth-order valence-corrected chi connectivity index (χ4v) is 3.47. The lowest BCUT2D eigenvalue weighted by Gasteiger charge is -2.11. The van der Waals surface area contributed by atoms with Crippen LogP contribution in [0.1, 0.15) is 5.56 Å². The second-order valence-electron chi connectivity index (χ2n) is 5.41. The van der Waals surface area contributed by atoms with Gasteiger partial charge in [-0.25, -0.2) is 0 Å². The highest BCUT2D eigenvalue weighted by Crippen LogP contribution is 2.28. The number of rotatable bonds is 6. The Morgan fingerprint density at radius 1 is 0.958 bits per heavy atom. The third kappa shape index (κ3) is 4.00. The Hall–Kier alpha value is -2.66. The van der Waals surface area contributed by atoms with Crippen LogP contribution in [0.5, 0.6) is 11.5 Å². The summed E-state index contributed by atoms with van der Waals surface area (Å²) in [6, 6.07) is 21.3. The number of amides is 1. The van der Waals surface area contributed by atoms with Crippen LogP contribution in [0.3, 0.4) is 0 Å². The van der Waals surface area contributed by atoms with Crippen LogP contribution in [0, 0.1) is 0 Å². The van der Waals surface area contributed by atoms with E-state index < -0.39 is 16.7 Å². The van der Waals surface area contributed by atoms with Gasteiger partial charge in [0.25, 0.3) is 0 Å². The van der Waals surface area contributed by atoms with Crippen molar-refractivity contribution in [3.8, 4) is 11.5 Å². The van der Waals surface area contributed by atoms with Crippen molar-refractivity contribution in [1.82, 2.24) is 0 Å². The molecule has 2 N–H and O–H groups in total. The quantitative estimate of drug-likeness (QED) is 0.748. The lowest BCUT2D eigenvalue weighted by atomic mass is 10.1. The molecule has 0 radical (unpaired) electrons. The average molecular weight is 339 g/mol. The minimum Gasteiger partial charge on any atom is -0.457 e. The summed E-state index contributed by atoms with van der Waals surface area (Å²) in [5, 5.41) is 2.23. The van der Waals surface area contributed by atoms with E-state index in [-0.39, 0.29) is 11.5 Å². The first kappa shape index (κ1) is 16.2. The molecule has 1 amide bonds. The van der Waals surface area contributed by atoms with E-state index in [1.54, 1.807) is 0 Å². The third-order valence-corrected chi connectivity index (χ3v) is 4.78. The molecule has 24 heavy (non-hydrogen) atoms. The Labute approximate surface area is 142 Å². The maximum absolute atomic E-state index is 12.0. The number of ether oxygens (including phenoxy) is 1. The zero-order valence-corrected chi connectivity index (χ0v) is 13.8. The molecule has 0 bridgehead atoms. The van der Waals surface area contributed by atoms with E-state index in [9.17, 15) is 9.00 Å². The minimum absolute atomic E-state index is 0.149. The van der Waals surface area contributed by atoms with Gasteiger partial charge in [-0.2, -0.15) is 0 Å². The largest absolute Gasteiger partial charge is 0.457 e. The second kappa shape index (κ2) is 7.27. The lowest BCUT2D eigenvalue weighted by Crippen LogP contribution is -2.20. The minimum atomic E-state index is -1.35. The van der Waals surface area contributed by atoms with Crippen molar-refractivity contribution in [3.05, 3.63) is 72.3 Å². The van der Waals surface area contributed by atoms with Gasteiger partial charge < -0.3 is 10.5 Å². The van der Waals surface area contributed by atoms with Gasteiger partial charge in [-0.05, 0) is 29.0 Å². The highest BCUT2D eigenvalue weighted by atomic mass is 32.2. The van der Waals surface area contributed by atoms with E-state index in [0.29, 0.717) is 11.5 Å². The van der Waals surface area contributed by atoms with Gasteiger partial charge >= 0.3 is 0 Å². The van der Waals surface area contributed by atoms with Crippen LogP contribution in [0.2, 0.25) is 0 Å². The van der Waals surface area contributed by atoms with Crippen LogP contribution in [0.25, 0.3) is 10.8 Å². The summed E-state index contributed by atoms with van der Waals surface area (Å²) in [4.78, 5) is 10.9. The average Bonchev–Trinajstić information content (AvgIpc) is 2.56. The van der Waals surface area contributed by atoms with E-state index in [1.807, 2.05) is 66.7 Å². The molecule has 1 atom stereocenters. The lowest BCUT2D eigenvalue weighted by molar-refractivity contribution is -0.115. The Balaban J connectivity index is 1.83. The van der Waals surface area contributed by atoms with Crippen molar-refractivity contribution in [2.24, 2.45) is 5.73 Å². The fraction of sp³-hybridized carbons (Fsp3) is 0.105. The maximum Gasteiger partial charge on any atom is 0.230 e. The van der Waals surface area contributed by atoms with Crippen LogP contribution in [0.15, 0.2) is 66.7 Å². The first-order valence-electron chi connectivity index (χ1n) is 7.49. The van der Waals surface area contributed by atoms with E-state index in [4.69, 9.17) is 10.5 Å². The third-order valence-electron chi connectivity index (χ3n) is 3.54. The molecule has 0 saturated heterocycles. The van der Waals surface area contributed by atoms with Gasteiger partial charge in [0.1, 0.15) is 17.3 Å². The maximum atomic E-state index is 12.0. The summed E-state index contributed by atoms with van der Waals surface area (Å²) in [5.74, 6) is 0.852. The summed E-state index contributed by atoms with van der Waals surface area (Å²) in [7, 11) is -1.35. The highest BCUT2D eigenvalue weighted by Gasteiger charge is 2.10. The summed E-state index contributed by atoms with van der Waals surface area (Å²) >= 11 is 0. The van der Waals surface area contributed by atoms with E-state index in [1.165, 1.54) is 0 Å². The van der Waals surface area contributed by atoms with Gasteiger partial charge in [-0.3, -0.25) is 9.00 Å². The van der Waals surface area contributed by atoms with Crippen LogP contribution < -0.4 is 10.5 Å². The topological polar surface area (TPSA) is 69.4 Å². The molecule has 0 fully saturated rings. The summed E-state index contributed by atoms with van der Waals surface area (Å²) in [6.07, 6.45) is 0. The van der Waals surface area contributed by atoms with Crippen molar-refractivity contribution >= 4 is 27.5 Å². The zero-order chi connectivity index (χ0) is 16.9. The molecule has 5 heteroatoms. The number of primary amides is 1. The number of carbonyl (C=O) groups excluding carboxylic acids is 1. The van der Waals surface area contributed by atoms with Crippen molar-refractivity contribution in [1.29, 1.82) is 0 Å². The Bertz CT molecular complexity index is 908. The normalized spacial score (nSPS) is 12.0. The van der Waals surface area contributed by atoms with Gasteiger partial charge in [-0.1, -0.05) is 48.5 Å². The molecule has 0 spiro atoms. The number of benzene rings is 3. The van der Waals surface area contributed by atoms with Crippen LogP contribution in [0.4, 0.5) is 0 Å². The molecule has 0 aliphatic heterocycles. The molecule has 3 aromatic carbocycles. The van der Waals surface area contributed by atoms with Gasteiger partial charge in [0.2, 0.25) is 5.91 Å². The molecule has 3 rings (SSSR count). The van der Waals surface area contributed by atoms with Gasteiger partial charge in [0.15, 0.2) is 0 Å². The number of hydrogen-bond donors (Lipinski definition) is 1. The van der Waals surface area contributed by atoms with Crippen LogP contribution in [-0.2, 0) is 21.3 Å². The van der Waals surface area contributed by atoms with Crippen molar-refractivity contribution in [2.75, 3.05) is 5.75 Å². The monoisotopic (exact) mass is 339 g/mol. The van der Waals surface area contributed by atoms with Crippen LogP contribution in [-0.4, -0.2) is 15.9 Å². The van der Waals surface area contributed by atoms with Gasteiger partial charge in [-0.15, -0.1) is 0 Å². The molecule has 0 saturated carbocycles. The fourth-order valence-electron chi connectivity index (χ4n) is 2.46. The van der Waals surface area contributed by atoms with Crippen molar-refractivity contribution in [3.63, 3.8) is 0 Å². The molecule has 122 valence electrons. The molecule has 0 aliphatic rings. The standard InChI is InChI=1S/C19H17NO3S/c20-19(21)13-24(22)12-16-7-3-4-8-18(16)23-17-10-9-14-5-1-2-6-15(14)11-17/h1-11H,12-13H2,(H2,20,21). The molecule has 3 aromatic rings. The van der Waals surface area contributed by atoms with Gasteiger partial charge in [0.05, 0.1) is 5.75 Å². The first-order chi connectivity index (χ1) is 11.6. The predicted molar refractivity (Wildman–Crippen MR) is 96.4 cm³/mol. The smallest absolute Gasteiger partial charge is 0.230 e. The number of nitrogens with two attached hydrogens (primary N) is 1. The van der Waals surface area contributed by atoms with Gasteiger partial charge in [0, 0.05) is 16.4 Å². The SMILES string of the molecule is NC(=O)CS(=O)Cc1ccccc1Oc1ccc2ccccc2c1. The van der Waals surface area contributed by atoms with Crippen molar-refractivity contribution < 1.29 is 13.7 Å². The second-order valence-corrected chi connectivity index (χ2v) is 6.87. The Morgan fingerprint density at radius 3 is 2.46 bits per heavy atom. The molecular weight excluding hydrogens is 322 g/mol. The zero-order valence-electron chi connectivity index (χ0n) is 13.0. The van der Waals surface area contributed by atoms with Crippen molar-refractivity contribution in [2.45, 2.75) is 5.75 Å². The molecule has 4 nitrogen and oxygen atoms in total. The molecule has 0 heterocycles.